The Hall–Kier alpha value is -2.51. The molecule has 1 aliphatic rings. The average molecular weight is 395 g/mol. The highest BCUT2D eigenvalue weighted by molar-refractivity contribution is 7.98. The molecule has 7 heteroatoms. The fourth-order valence-electron chi connectivity index (χ4n) is 3.31. The van der Waals surface area contributed by atoms with Crippen molar-refractivity contribution in [2.75, 3.05) is 6.61 Å². The van der Waals surface area contributed by atoms with Crippen molar-refractivity contribution in [2.24, 2.45) is 0 Å². The van der Waals surface area contributed by atoms with Crippen molar-refractivity contribution in [2.45, 2.75) is 42.7 Å². The summed E-state index contributed by atoms with van der Waals surface area (Å²) < 4.78 is 5.79. The first kappa shape index (κ1) is 18.8. The Kier molecular flexibility index (Phi) is 6.14. The van der Waals surface area contributed by atoms with Crippen molar-refractivity contribution in [3.63, 3.8) is 0 Å². The molecule has 1 aliphatic heterocycles. The van der Waals surface area contributed by atoms with Gasteiger partial charge in [0.1, 0.15) is 6.33 Å². The van der Waals surface area contributed by atoms with Crippen molar-refractivity contribution < 1.29 is 4.74 Å². The fourth-order valence-corrected chi connectivity index (χ4v) is 4.15. The van der Waals surface area contributed by atoms with Crippen LogP contribution in [0.15, 0.2) is 59.0 Å². The standard InChI is InChI=1S/C21H22N4O2S/c26-20-18(9-16-11-22-14-23-12-16)19(10-17-7-4-8-27-17)24-21(25-20)28-13-15-5-2-1-3-6-15/h1-3,5-6,11-12,14,17H,4,7-10,13H2,(H,24,25,26)/t17-/m1/s1. The molecule has 0 saturated carbocycles. The number of aromatic amines is 1. The molecule has 0 radical (unpaired) electrons. The third-order valence-electron chi connectivity index (χ3n) is 4.74. The van der Waals surface area contributed by atoms with Crippen LogP contribution in [-0.2, 0) is 23.3 Å². The molecule has 1 aromatic carbocycles. The number of hydrogen-bond acceptors (Lipinski definition) is 6. The zero-order valence-corrected chi connectivity index (χ0v) is 16.3. The van der Waals surface area contributed by atoms with Crippen LogP contribution in [0, 0.1) is 0 Å². The number of aromatic nitrogens is 4. The maximum Gasteiger partial charge on any atom is 0.255 e. The molecular weight excluding hydrogens is 372 g/mol. The number of thioether (sulfide) groups is 1. The van der Waals surface area contributed by atoms with E-state index in [9.17, 15) is 4.79 Å². The van der Waals surface area contributed by atoms with Crippen LogP contribution >= 0.6 is 11.8 Å². The lowest BCUT2D eigenvalue weighted by molar-refractivity contribution is 0.110. The molecule has 3 aromatic rings. The highest BCUT2D eigenvalue weighted by atomic mass is 32.2. The van der Waals surface area contributed by atoms with Crippen molar-refractivity contribution in [1.82, 2.24) is 19.9 Å². The van der Waals surface area contributed by atoms with E-state index in [1.165, 1.54) is 11.9 Å². The predicted octanol–water partition coefficient (Wildman–Crippen LogP) is 3.16. The second kappa shape index (κ2) is 9.12. The molecule has 144 valence electrons. The van der Waals surface area contributed by atoms with Gasteiger partial charge in [-0.15, -0.1) is 0 Å². The van der Waals surface area contributed by atoms with Gasteiger partial charge in [0, 0.05) is 43.2 Å². The van der Waals surface area contributed by atoms with E-state index in [0.717, 1.165) is 36.5 Å². The lowest BCUT2D eigenvalue weighted by Crippen LogP contribution is -2.22. The first-order valence-electron chi connectivity index (χ1n) is 9.42. The summed E-state index contributed by atoms with van der Waals surface area (Å²) in [4.78, 5) is 28.7. The average Bonchev–Trinajstić information content (AvgIpc) is 3.24. The first-order chi connectivity index (χ1) is 13.8. The normalized spacial score (nSPS) is 16.4. The number of nitrogens with one attached hydrogen (secondary N) is 1. The van der Waals surface area contributed by atoms with Gasteiger partial charge in [0.25, 0.3) is 5.56 Å². The lowest BCUT2D eigenvalue weighted by atomic mass is 10.0. The van der Waals surface area contributed by atoms with Crippen molar-refractivity contribution in [1.29, 1.82) is 0 Å². The Morgan fingerprint density at radius 3 is 2.71 bits per heavy atom. The third kappa shape index (κ3) is 4.85. The Morgan fingerprint density at radius 1 is 1.14 bits per heavy atom. The molecule has 4 rings (SSSR count). The number of nitrogens with zero attached hydrogens (tertiary/aromatic N) is 3. The van der Waals surface area contributed by atoms with Crippen LogP contribution in [0.25, 0.3) is 0 Å². The van der Waals surface area contributed by atoms with Gasteiger partial charge in [-0.3, -0.25) is 4.79 Å². The molecule has 0 amide bonds. The SMILES string of the molecule is O=c1[nH]c(SCc2ccccc2)nc(C[C@H]2CCCO2)c1Cc1cncnc1. The molecule has 2 aromatic heterocycles. The van der Waals surface area contributed by atoms with E-state index < -0.39 is 0 Å². The Morgan fingerprint density at radius 2 is 1.96 bits per heavy atom. The minimum absolute atomic E-state index is 0.0950. The minimum Gasteiger partial charge on any atom is -0.378 e. The second-order valence-corrected chi connectivity index (χ2v) is 7.80. The quantitative estimate of drug-likeness (QED) is 0.490. The zero-order chi connectivity index (χ0) is 19.2. The summed E-state index contributed by atoms with van der Waals surface area (Å²) in [5, 5.41) is 0.648. The molecule has 1 saturated heterocycles. The smallest absolute Gasteiger partial charge is 0.255 e. The number of benzene rings is 1. The molecule has 0 spiro atoms. The monoisotopic (exact) mass is 394 g/mol. The lowest BCUT2D eigenvalue weighted by Gasteiger charge is -2.13. The van der Waals surface area contributed by atoms with Crippen LogP contribution in [0.3, 0.4) is 0 Å². The van der Waals surface area contributed by atoms with Gasteiger partial charge in [-0.05, 0) is 24.0 Å². The molecular formula is C21H22N4O2S. The van der Waals surface area contributed by atoms with Gasteiger partial charge in [-0.1, -0.05) is 42.1 Å². The summed E-state index contributed by atoms with van der Waals surface area (Å²) in [5.41, 5.74) is 3.49. The number of rotatable bonds is 7. The second-order valence-electron chi connectivity index (χ2n) is 6.83. The van der Waals surface area contributed by atoms with E-state index >= 15 is 0 Å². The number of hydrogen-bond donors (Lipinski definition) is 1. The van der Waals surface area contributed by atoms with Gasteiger partial charge in [0.15, 0.2) is 5.16 Å². The van der Waals surface area contributed by atoms with Crippen molar-refractivity contribution >= 4 is 11.8 Å². The maximum atomic E-state index is 12.9. The summed E-state index contributed by atoms with van der Waals surface area (Å²) in [6, 6.07) is 10.2. The predicted molar refractivity (Wildman–Crippen MR) is 108 cm³/mol. The Balaban J connectivity index is 1.59. The molecule has 1 fully saturated rings. The van der Waals surface area contributed by atoms with Crippen LogP contribution in [0.2, 0.25) is 0 Å². The van der Waals surface area contributed by atoms with E-state index in [0.29, 0.717) is 23.6 Å². The maximum absolute atomic E-state index is 12.9. The molecule has 0 aliphatic carbocycles. The molecule has 6 nitrogen and oxygen atoms in total. The summed E-state index contributed by atoms with van der Waals surface area (Å²) in [6.07, 6.45) is 8.29. The van der Waals surface area contributed by atoms with E-state index in [2.05, 4.69) is 27.1 Å². The van der Waals surface area contributed by atoms with Crippen LogP contribution in [0.1, 0.15) is 35.2 Å². The van der Waals surface area contributed by atoms with Crippen molar-refractivity contribution in [3.8, 4) is 0 Å². The van der Waals surface area contributed by atoms with Crippen LogP contribution in [0.4, 0.5) is 0 Å². The van der Waals surface area contributed by atoms with Gasteiger partial charge < -0.3 is 9.72 Å². The molecule has 0 bridgehead atoms. The van der Waals surface area contributed by atoms with Gasteiger partial charge >= 0.3 is 0 Å². The molecule has 1 atom stereocenters. The summed E-state index contributed by atoms with van der Waals surface area (Å²) in [6.45, 7) is 0.783. The van der Waals surface area contributed by atoms with Gasteiger partial charge in [-0.2, -0.15) is 0 Å². The molecule has 0 unspecified atom stereocenters. The highest BCUT2D eigenvalue weighted by Crippen LogP contribution is 2.22. The molecule has 3 heterocycles. The fraction of sp³-hybridized carbons (Fsp3) is 0.333. The number of ether oxygens (including phenoxy) is 1. The van der Waals surface area contributed by atoms with Crippen molar-refractivity contribution in [3.05, 3.63) is 81.8 Å². The topological polar surface area (TPSA) is 80.8 Å². The van der Waals surface area contributed by atoms with E-state index in [1.807, 2.05) is 18.2 Å². The van der Waals surface area contributed by atoms with Crippen LogP contribution < -0.4 is 5.56 Å². The first-order valence-corrected chi connectivity index (χ1v) is 10.4. The van der Waals surface area contributed by atoms with E-state index in [4.69, 9.17) is 9.72 Å². The van der Waals surface area contributed by atoms with E-state index in [1.54, 1.807) is 24.2 Å². The van der Waals surface area contributed by atoms with E-state index in [-0.39, 0.29) is 11.7 Å². The van der Waals surface area contributed by atoms with Crippen LogP contribution in [-0.4, -0.2) is 32.6 Å². The minimum atomic E-state index is -0.0950. The third-order valence-corrected chi connectivity index (χ3v) is 5.68. The molecule has 28 heavy (non-hydrogen) atoms. The van der Waals surface area contributed by atoms with Gasteiger partial charge in [0.05, 0.1) is 11.8 Å². The Bertz CT molecular complexity index is 957. The number of H-pyrrole nitrogens is 1. The van der Waals surface area contributed by atoms with Crippen LogP contribution in [0.5, 0.6) is 0 Å². The molecule has 1 N–H and O–H groups in total. The largest absolute Gasteiger partial charge is 0.378 e. The van der Waals surface area contributed by atoms with Gasteiger partial charge in [0.2, 0.25) is 0 Å². The summed E-state index contributed by atoms with van der Waals surface area (Å²) >= 11 is 1.54. The summed E-state index contributed by atoms with van der Waals surface area (Å²) in [5.74, 6) is 0.759. The Labute approximate surface area is 167 Å². The van der Waals surface area contributed by atoms with Gasteiger partial charge in [-0.25, -0.2) is 15.0 Å². The summed E-state index contributed by atoms with van der Waals surface area (Å²) in [7, 11) is 0. The zero-order valence-electron chi connectivity index (χ0n) is 15.5. The highest BCUT2D eigenvalue weighted by Gasteiger charge is 2.21.